The first kappa shape index (κ1) is 16.2. The highest BCUT2D eigenvalue weighted by molar-refractivity contribution is 7.87. The van der Waals surface area contributed by atoms with Crippen LogP contribution in [0.1, 0.15) is 40.5 Å². The summed E-state index contributed by atoms with van der Waals surface area (Å²) < 4.78 is 28.0. The molecule has 1 N–H and O–H groups in total. The van der Waals surface area contributed by atoms with E-state index in [4.69, 9.17) is 11.6 Å². The van der Waals surface area contributed by atoms with E-state index < -0.39 is 15.7 Å². The molecule has 98 valence electrons. The molecule has 0 amide bonds. The lowest BCUT2D eigenvalue weighted by molar-refractivity contribution is 0.350. The molecule has 0 aromatic carbocycles. The molecule has 6 heteroatoms. The molecule has 0 radical (unpaired) electrons. The smallest absolute Gasteiger partial charge is 0.196 e. The van der Waals surface area contributed by atoms with Gasteiger partial charge in [-0.25, -0.2) is 0 Å². The Hall–Kier alpha value is 0.160. The molecule has 1 unspecified atom stereocenters. The maximum absolute atomic E-state index is 12.0. The Morgan fingerprint density at radius 1 is 1.44 bits per heavy atom. The summed E-state index contributed by atoms with van der Waals surface area (Å²) in [5.74, 6) is 0.443. The summed E-state index contributed by atoms with van der Waals surface area (Å²) >= 11 is 5.69. The Kier molecular flexibility index (Phi) is 6.25. The molecule has 0 aliphatic carbocycles. The highest BCUT2D eigenvalue weighted by atomic mass is 35.5. The molecule has 0 aromatic heterocycles. The van der Waals surface area contributed by atoms with Crippen molar-refractivity contribution < 1.29 is 8.42 Å². The summed E-state index contributed by atoms with van der Waals surface area (Å²) in [6.07, 6.45) is 1.33. The maximum atomic E-state index is 12.0. The molecule has 0 fully saturated rings. The van der Waals surface area contributed by atoms with Crippen LogP contribution < -0.4 is 4.72 Å². The average Bonchev–Trinajstić information content (AvgIpc) is 2.16. The second-order valence-electron chi connectivity index (χ2n) is 4.57. The molecular weight excluding hydrogens is 248 g/mol. The van der Waals surface area contributed by atoms with Crippen LogP contribution in [-0.4, -0.2) is 37.2 Å². The zero-order valence-corrected chi connectivity index (χ0v) is 12.3. The highest BCUT2D eigenvalue weighted by Gasteiger charge is 2.30. The van der Waals surface area contributed by atoms with Crippen LogP contribution in [0.15, 0.2) is 0 Å². The first-order chi connectivity index (χ1) is 7.18. The van der Waals surface area contributed by atoms with Gasteiger partial charge in [0.1, 0.15) is 0 Å². The molecule has 4 nitrogen and oxygen atoms in total. The van der Waals surface area contributed by atoms with E-state index in [1.807, 2.05) is 27.7 Å². The van der Waals surface area contributed by atoms with Gasteiger partial charge in [0.2, 0.25) is 0 Å². The standard InChI is InChI=1S/C10H23ClN2O2S/c1-6-10(4,7-8-11)12-16(14,15)13(5)9(2)3/h9,12H,6-8H2,1-5H3. The third-order valence-corrected chi connectivity index (χ3v) is 5.03. The second kappa shape index (κ2) is 6.19. The SMILES string of the molecule is CCC(C)(CCCl)NS(=O)(=O)N(C)C(C)C. The number of alkyl halides is 1. The van der Waals surface area contributed by atoms with Crippen LogP contribution in [0.4, 0.5) is 0 Å². The summed E-state index contributed by atoms with van der Waals surface area (Å²) in [4.78, 5) is 0. The molecule has 0 heterocycles. The number of halogens is 1. The van der Waals surface area contributed by atoms with E-state index >= 15 is 0 Å². The number of hydrogen-bond acceptors (Lipinski definition) is 2. The molecular formula is C10H23ClN2O2S. The summed E-state index contributed by atoms with van der Waals surface area (Å²) in [5.41, 5.74) is -0.469. The van der Waals surface area contributed by atoms with Crippen molar-refractivity contribution in [2.24, 2.45) is 0 Å². The maximum Gasteiger partial charge on any atom is 0.279 e. The molecule has 0 rings (SSSR count). The van der Waals surface area contributed by atoms with Crippen LogP contribution in [0.25, 0.3) is 0 Å². The minimum atomic E-state index is -3.43. The van der Waals surface area contributed by atoms with E-state index in [1.54, 1.807) is 7.05 Å². The van der Waals surface area contributed by atoms with Gasteiger partial charge in [0, 0.05) is 24.5 Å². The summed E-state index contributed by atoms with van der Waals surface area (Å²) in [6, 6.07) is -0.0605. The van der Waals surface area contributed by atoms with E-state index in [0.29, 0.717) is 18.7 Å². The Bertz CT molecular complexity index is 306. The van der Waals surface area contributed by atoms with Crippen LogP contribution in [0.2, 0.25) is 0 Å². The first-order valence-corrected chi connectivity index (χ1v) is 7.49. The fourth-order valence-electron chi connectivity index (χ4n) is 1.17. The number of nitrogens with one attached hydrogen (secondary N) is 1. The molecule has 16 heavy (non-hydrogen) atoms. The van der Waals surface area contributed by atoms with Crippen molar-refractivity contribution >= 4 is 21.8 Å². The minimum absolute atomic E-state index is 0.0605. The fourth-order valence-corrected chi connectivity index (χ4v) is 3.15. The van der Waals surface area contributed by atoms with Gasteiger partial charge in [-0.15, -0.1) is 11.6 Å². The fraction of sp³-hybridized carbons (Fsp3) is 1.00. The Balaban J connectivity index is 4.81. The van der Waals surface area contributed by atoms with Crippen molar-refractivity contribution in [2.45, 2.75) is 52.1 Å². The quantitative estimate of drug-likeness (QED) is 0.719. The van der Waals surface area contributed by atoms with Gasteiger partial charge in [-0.3, -0.25) is 0 Å². The number of hydrogen-bond donors (Lipinski definition) is 1. The molecule has 0 aliphatic heterocycles. The zero-order chi connectivity index (χ0) is 13.0. The number of rotatable bonds is 7. The van der Waals surface area contributed by atoms with E-state index in [9.17, 15) is 8.42 Å². The van der Waals surface area contributed by atoms with Gasteiger partial charge in [-0.2, -0.15) is 17.4 Å². The lowest BCUT2D eigenvalue weighted by Gasteiger charge is -2.32. The van der Waals surface area contributed by atoms with Gasteiger partial charge in [-0.1, -0.05) is 6.92 Å². The molecule has 0 saturated heterocycles. The van der Waals surface area contributed by atoms with E-state index in [1.165, 1.54) is 4.31 Å². The first-order valence-electron chi connectivity index (χ1n) is 5.51. The van der Waals surface area contributed by atoms with Crippen molar-refractivity contribution in [3.05, 3.63) is 0 Å². The van der Waals surface area contributed by atoms with E-state index in [-0.39, 0.29) is 6.04 Å². The largest absolute Gasteiger partial charge is 0.279 e. The van der Waals surface area contributed by atoms with Gasteiger partial charge in [0.05, 0.1) is 0 Å². The van der Waals surface area contributed by atoms with Crippen LogP contribution >= 0.6 is 11.6 Å². The predicted molar refractivity (Wildman–Crippen MR) is 69.0 cm³/mol. The monoisotopic (exact) mass is 270 g/mol. The van der Waals surface area contributed by atoms with Gasteiger partial charge in [-0.05, 0) is 33.6 Å². The average molecular weight is 271 g/mol. The summed E-state index contributed by atoms with van der Waals surface area (Å²) in [6.45, 7) is 7.50. The van der Waals surface area contributed by atoms with Crippen molar-refractivity contribution in [3.63, 3.8) is 0 Å². The van der Waals surface area contributed by atoms with Gasteiger partial charge < -0.3 is 0 Å². The molecule has 1 atom stereocenters. The Morgan fingerprint density at radius 3 is 2.25 bits per heavy atom. The third-order valence-electron chi connectivity index (χ3n) is 2.91. The van der Waals surface area contributed by atoms with Crippen molar-refractivity contribution in [3.8, 4) is 0 Å². The van der Waals surface area contributed by atoms with Crippen LogP contribution in [0.5, 0.6) is 0 Å². The molecule has 0 bridgehead atoms. The van der Waals surface area contributed by atoms with E-state index in [0.717, 1.165) is 0 Å². The van der Waals surface area contributed by atoms with Gasteiger partial charge in [0.25, 0.3) is 10.2 Å². The highest BCUT2D eigenvalue weighted by Crippen LogP contribution is 2.18. The zero-order valence-electron chi connectivity index (χ0n) is 10.7. The van der Waals surface area contributed by atoms with Crippen LogP contribution in [0.3, 0.4) is 0 Å². The Morgan fingerprint density at radius 2 is 1.94 bits per heavy atom. The Labute approximate surface area is 105 Å². The topological polar surface area (TPSA) is 49.4 Å². The number of nitrogens with zero attached hydrogens (tertiary/aromatic N) is 1. The molecule has 0 spiro atoms. The van der Waals surface area contributed by atoms with Crippen molar-refractivity contribution in [1.29, 1.82) is 0 Å². The van der Waals surface area contributed by atoms with Crippen molar-refractivity contribution in [2.75, 3.05) is 12.9 Å². The molecule has 0 aliphatic rings. The lowest BCUT2D eigenvalue weighted by atomic mass is 9.97. The third kappa shape index (κ3) is 4.57. The predicted octanol–water partition coefficient (Wildman–Crippen LogP) is 1.96. The minimum Gasteiger partial charge on any atom is -0.196 e. The van der Waals surface area contributed by atoms with Crippen LogP contribution in [0, 0.1) is 0 Å². The van der Waals surface area contributed by atoms with Crippen molar-refractivity contribution in [1.82, 2.24) is 9.03 Å². The van der Waals surface area contributed by atoms with E-state index in [2.05, 4.69) is 4.72 Å². The summed E-state index contributed by atoms with van der Waals surface area (Å²) in [5, 5.41) is 0. The second-order valence-corrected chi connectivity index (χ2v) is 6.68. The molecule has 0 saturated carbocycles. The van der Waals surface area contributed by atoms with Crippen LogP contribution in [-0.2, 0) is 10.2 Å². The normalized spacial score (nSPS) is 16.8. The van der Waals surface area contributed by atoms with Gasteiger partial charge in [0.15, 0.2) is 0 Å². The summed E-state index contributed by atoms with van der Waals surface area (Å²) in [7, 11) is -1.85. The van der Waals surface area contributed by atoms with Gasteiger partial charge >= 0.3 is 0 Å². The lowest BCUT2D eigenvalue weighted by Crippen LogP contribution is -2.52. The molecule has 0 aromatic rings.